The normalized spacial score (nSPS) is 12.2. The Hall–Kier alpha value is -1.13. The van der Waals surface area contributed by atoms with Gasteiger partial charge in [0.2, 0.25) is 0 Å². The number of benzene rings is 1. The lowest BCUT2D eigenvalue weighted by Crippen LogP contribution is -2.39. The fourth-order valence-electron chi connectivity index (χ4n) is 2.83. The summed E-state index contributed by atoms with van der Waals surface area (Å²) in [6, 6.07) is 5.62. The summed E-state index contributed by atoms with van der Waals surface area (Å²) in [6.45, 7) is 10.4. The zero-order valence-corrected chi connectivity index (χ0v) is 13.9. The van der Waals surface area contributed by atoms with E-state index in [0.717, 1.165) is 29.9 Å². The number of imidazole rings is 1. The fraction of sp³-hybridized carbons (Fsp3) is 0.562. The van der Waals surface area contributed by atoms with Crippen LogP contribution in [0.5, 0.6) is 0 Å². The van der Waals surface area contributed by atoms with Gasteiger partial charge < -0.3 is 4.57 Å². The van der Waals surface area contributed by atoms with E-state index in [1.165, 1.54) is 12.1 Å². The van der Waals surface area contributed by atoms with Gasteiger partial charge >= 0.3 is 0 Å². The molecule has 0 saturated carbocycles. The number of rotatable bonds is 6. The molecule has 0 N–H and O–H groups in total. The van der Waals surface area contributed by atoms with Gasteiger partial charge in [-0.3, -0.25) is 4.90 Å². The Balaban J connectivity index is 2.30. The molecule has 0 saturated heterocycles. The summed E-state index contributed by atoms with van der Waals surface area (Å²) in [5.41, 5.74) is 1.62. The van der Waals surface area contributed by atoms with E-state index in [-0.39, 0.29) is 5.82 Å². The summed E-state index contributed by atoms with van der Waals surface area (Å²) >= 11 is 5.99. The largest absolute Gasteiger partial charge is 0.326 e. The molecule has 0 aliphatic carbocycles. The summed E-state index contributed by atoms with van der Waals surface area (Å²) in [5, 5.41) is 0. The lowest BCUT2D eigenvalue weighted by molar-refractivity contribution is 0.168. The van der Waals surface area contributed by atoms with Crippen molar-refractivity contribution in [3.05, 3.63) is 29.8 Å². The van der Waals surface area contributed by atoms with Crippen molar-refractivity contribution in [2.75, 3.05) is 6.54 Å². The molecule has 1 heterocycles. The Morgan fingerprint density at radius 1 is 1.24 bits per heavy atom. The maximum absolute atomic E-state index is 13.5. The number of alkyl halides is 1. The Morgan fingerprint density at radius 3 is 2.48 bits per heavy atom. The molecule has 0 spiro atoms. The summed E-state index contributed by atoms with van der Waals surface area (Å²) < 4.78 is 15.5. The predicted octanol–water partition coefficient (Wildman–Crippen LogP) is 4.03. The minimum atomic E-state index is -0.241. The van der Waals surface area contributed by atoms with Gasteiger partial charge in [-0.2, -0.15) is 0 Å². The van der Waals surface area contributed by atoms with Crippen LogP contribution in [0.15, 0.2) is 18.2 Å². The molecule has 0 aliphatic heterocycles. The summed E-state index contributed by atoms with van der Waals surface area (Å²) in [5.74, 6) is 0.888. The molecule has 116 valence electrons. The number of aromatic nitrogens is 2. The third-order valence-electron chi connectivity index (χ3n) is 3.82. The van der Waals surface area contributed by atoms with Crippen LogP contribution in [-0.2, 0) is 12.4 Å². The molecule has 3 nitrogen and oxygen atoms in total. The molecule has 0 bridgehead atoms. The van der Waals surface area contributed by atoms with Crippen LogP contribution in [0.2, 0.25) is 0 Å². The molecule has 1 aromatic carbocycles. The third kappa shape index (κ3) is 3.55. The zero-order chi connectivity index (χ0) is 15.6. The highest BCUT2D eigenvalue weighted by atomic mass is 35.5. The van der Waals surface area contributed by atoms with E-state index in [1.807, 2.05) is 4.57 Å². The highest BCUT2D eigenvalue weighted by Gasteiger charge is 2.16. The van der Waals surface area contributed by atoms with Crippen molar-refractivity contribution in [2.24, 2.45) is 0 Å². The first-order chi connectivity index (χ1) is 9.93. The van der Waals surface area contributed by atoms with Crippen molar-refractivity contribution < 1.29 is 4.39 Å². The van der Waals surface area contributed by atoms with Crippen molar-refractivity contribution in [2.45, 2.75) is 52.2 Å². The van der Waals surface area contributed by atoms with E-state index in [4.69, 9.17) is 11.6 Å². The van der Waals surface area contributed by atoms with Gasteiger partial charge in [-0.05, 0) is 45.9 Å². The van der Waals surface area contributed by atoms with Gasteiger partial charge in [0.05, 0.1) is 16.9 Å². The molecule has 1 aromatic heterocycles. The van der Waals surface area contributed by atoms with Gasteiger partial charge in [0.15, 0.2) is 0 Å². The second-order valence-electron chi connectivity index (χ2n) is 5.87. The van der Waals surface area contributed by atoms with Gasteiger partial charge in [0, 0.05) is 25.2 Å². The van der Waals surface area contributed by atoms with Crippen molar-refractivity contribution in [1.29, 1.82) is 0 Å². The Labute approximate surface area is 130 Å². The molecule has 2 aromatic rings. The van der Waals surface area contributed by atoms with Gasteiger partial charge in [-0.25, -0.2) is 9.37 Å². The average Bonchev–Trinajstić information content (AvgIpc) is 2.75. The number of nitrogens with zero attached hydrogens (tertiary/aromatic N) is 3. The zero-order valence-electron chi connectivity index (χ0n) is 13.1. The van der Waals surface area contributed by atoms with Crippen LogP contribution in [0, 0.1) is 5.82 Å². The Kier molecular flexibility index (Phi) is 5.22. The molecule has 0 radical (unpaired) electrons. The quantitative estimate of drug-likeness (QED) is 0.751. The van der Waals surface area contributed by atoms with Crippen LogP contribution in [0.25, 0.3) is 11.0 Å². The van der Waals surface area contributed by atoms with E-state index in [1.54, 1.807) is 6.07 Å². The van der Waals surface area contributed by atoms with E-state index in [0.29, 0.717) is 18.0 Å². The standard InChI is InChI=1S/C16H23ClFN3/c1-11(2)20(12(3)4)7-8-21-15-9-13(18)5-6-14(15)19-16(21)10-17/h5-6,9,11-12H,7-8,10H2,1-4H3. The number of hydrogen-bond donors (Lipinski definition) is 0. The average molecular weight is 312 g/mol. The first-order valence-corrected chi connectivity index (χ1v) is 7.94. The van der Waals surface area contributed by atoms with Crippen LogP contribution >= 0.6 is 11.6 Å². The predicted molar refractivity (Wildman–Crippen MR) is 86.2 cm³/mol. The minimum Gasteiger partial charge on any atom is -0.326 e. The van der Waals surface area contributed by atoms with Crippen LogP contribution in [0.1, 0.15) is 33.5 Å². The molecule has 0 atom stereocenters. The highest BCUT2D eigenvalue weighted by Crippen LogP contribution is 2.19. The third-order valence-corrected chi connectivity index (χ3v) is 4.06. The van der Waals surface area contributed by atoms with Gasteiger partial charge in [-0.15, -0.1) is 11.6 Å². The summed E-state index contributed by atoms with van der Waals surface area (Å²) in [7, 11) is 0. The molecular formula is C16H23ClFN3. The number of hydrogen-bond acceptors (Lipinski definition) is 2. The van der Waals surface area contributed by atoms with E-state index in [2.05, 4.69) is 37.6 Å². The highest BCUT2D eigenvalue weighted by molar-refractivity contribution is 6.16. The lowest BCUT2D eigenvalue weighted by Gasteiger charge is -2.30. The first kappa shape index (κ1) is 16.2. The lowest BCUT2D eigenvalue weighted by atomic mass is 10.2. The van der Waals surface area contributed by atoms with E-state index < -0.39 is 0 Å². The van der Waals surface area contributed by atoms with Crippen LogP contribution < -0.4 is 0 Å². The maximum Gasteiger partial charge on any atom is 0.125 e. The number of fused-ring (bicyclic) bond motifs is 1. The minimum absolute atomic E-state index is 0.241. The molecule has 0 fully saturated rings. The van der Waals surface area contributed by atoms with E-state index in [9.17, 15) is 4.39 Å². The van der Waals surface area contributed by atoms with Crippen molar-refractivity contribution in [3.8, 4) is 0 Å². The topological polar surface area (TPSA) is 21.1 Å². The molecule has 21 heavy (non-hydrogen) atoms. The summed E-state index contributed by atoms with van der Waals surface area (Å²) in [6.07, 6.45) is 0. The van der Waals surface area contributed by atoms with Crippen LogP contribution in [-0.4, -0.2) is 33.1 Å². The van der Waals surface area contributed by atoms with Gasteiger partial charge in [-0.1, -0.05) is 0 Å². The number of halogens is 2. The Bertz CT molecular complexity index is 599. The molecule has 0 unspecified atom stereocenters. The second kappa shape index (κ2) is 6.75. The van der Waals surface area contributed by atoms with Crippen molar-refractivity contribution >= 4 is 22.6 Å². The first-order valence-electron chi connectivity index (χ1n) is 7.40. The van der Waals surface area contributed by atoms with Gasteiger partial charge in [0.1, 0.15) is 11.6 Å². The molecule has 0 aliphatic rings. The van der Waals surface area contributed by atoms with Crippen molar-refractivity contribution in [3.63, 3.8) is 0 Å². The Morgan fingerprint density at radius 2 is 1.90 bits per heavy atom. The monoisotopic (exact) mass is 311 g/mol. The molecule has 0 amide bonds. The smallest absolute Gasteiger partial charge is 0.125 e. The molecular weight excluding hydrogens is 289 g/mol. The molecule has 2 rings (SSSR count). The maximum atomic E-state index is 13.5. The molecule has 5 heteroatoms. The van der Waals surface area contributed by atoms with E-state index >= 15 is 0 Å². The SMILES string of the molecule is CC(C)N(CCn1c(CCl)nc2ccc(F)cc21)C(C)C. The second-order valence-corrected chi connectivity index (χ2v) is 6.14. The fourth-order valence-corrected chi connectivity index (χ4v) is 3.03. The summed E-state index contributed by atoms with van der Waals surface area (Å²) in [4.78, 5) is 6.89. The van der Waals surface area contributed by atoms with Crippen molar-refractivity contribution in [1.82, 2.24) is 14.5 Å². The van der Waals surface area contributed by atoms with Crippen LogP contribution in [0.4, 0.5) is 4.39 Å². The van der Waals surface area contributed by atoms with Gasteiger partial charge in [0.25, 0.3) is 0 Å². The van der Waals surface area contributed by atoms with Crippen LogP contribution in [0.3, 0.4) is 0 Å².